The highest BCUT2D eigenvalue weighted by Crippen LogP contribution is 2.17. The van der Waals surface area contributed by atoms with Crippen molar-refractivity contribution in [2.75, 3.05) is 7.11 Å². The van der Waals surface area contributed by atoms with Crippen LogP contribution in [-0.2, 0) is 24.3 Å². The first kappa shape index (κ1) is 19.2. The molecule has 2 aromatic carbocycles. The topological polar surface area (TPSA) is 80.6 Å². The lowest BCUT2D eigenvalue weighted by atomic mass is 10.1. The molecule has 0 unspecified atom stereocenters. The van der Waals surface area contributed by atoms with Crippen molar-refractivity contribution in [3.8, 4) is 5.75 Å². The molecule has 0 saturated carbocycles. The number of methoxy groups -OCH3 is 1. The van der Waals surface area contributed by atoms with Crippen molar-refractivity contribution in [3.05, 3.63) is 89.4 Å². The van der Waals surface area contributed by atoms with Crippen LogP contribution < -0.4 is 15.4 Å². The third-order valence-electron chi connectivity index (χ3n) is 4.23. The molecule has 6 heteroatoms. The van der Waals surface area contributed by atoms with Gasteiger partial charge >= 0.3 is 0 Å². The Hall–Kier alpha value is -3.54. The summed E-state index contributed by atoms with van der Waals surface area (Å²) in [5.41, 5.74) is 2.20. The molecule has 2 amide bonds. The van der Waals surface area contributed by atoms with Crippen LogP contribution in [0.3, 0.4) is 0 Å². The summed E-state index contributed by atoms with van der Waals surface area (Å²) in [7, 11) is 1.58. The number of nitrogens with one attached hydrogen (secondary N) is 2. The number of furan rings is 1. The standard InChI is InChI=1S/C22H22N2O4/c1-27-20-10-3-2-7-17(20)13-21(25)23-14-16-6-4-8-18(12-16)22(26)24-15-19-9-5-11-28-19/h2-12H,13-15H2,1H3,(H,23,25)(H,24,26). The summed E-state index contributed by atoms with van der Waals surface area (Å²) < 4.78 is 10.5. The molecule has 0 fully saturated rings. The van der Waals surface area contributed by atoms with Gasteiger partial charge in [-0.1, -0.05) is 30.3 Å². The number of para-hydroxylation sites is 1. The lowest BCUT2D eigenvalue weighted by Crippen LogP contribution is -2.25. The monoisotopic (exact) mass is 378 g/mol. The summed E-state index contributed by atoms with van der Waals surface area (Å²) in [5, 5.41) is 5.68. The van der Waals surface area contributed by atoms with Gasteiger partial charge in [0.05, 0.1) is 26.3 Å². The van der Waals surface area contributed by atoms with Gasteiger partial charge in [0.1, 0.15) is 11.5 Å². The van der Waals surface area contributed by atoms with Crippen molar-refractivity contribution >= 4 is 11.8 Å². The molecule has 2 N–H and O–H groups in total. The minimum atomic E-state index is -0.196. The maximum Gasteiger partial charge on any atom is 0.251 e. The van der Waals surface area contributed by atoms with Gasteiger partial charge in [0.15, 0.2) is 0 Å². The van der Waals surface area contributed by atoms with Crippen LogP contribution in [0.1, 0.15) is 27.2 Å². The Balaban J connectivity index is 1.54. The number of carbonyl (C=O) groups is 2. The molecule has 0 saturated heterocycles. The summed E-state index contributed by atoms with van der Waals surface area (Å²) in [5.74, 6) is 1.07. The minimum absolute atomic E-state index is 0.114. The Bertz CT molecular complexity index is 935. The Morgan fingerprint density at radius 1 is 0.964 bits per heavy atom. The van der Waals surface area contributed by atoms with Gasteiger partial charge in [-0.05, 0) is 35.9 Å². The predicted octanol–water partition coefficient (Wildman–Crippen LogP) is 3.08. The SMILES string of the molecule is COc1ccccc1CC(=O)NCc1cccc(C(=O)NCc2ccco2)c1. The average molecular weight is 378 g/mol. The van der Waals surface area contributed by atoms with E-state index in [0.29, 0.717) is 30.2 Å². The van der Waals surface area contributed by atoms with Crippen molar-refractivity contribution in [2.24, 2.45) is 0 Å². The fraction of sp³-hybridized carbons (Fsp3) is 0.182. The largest absolute Gasteiger partial charge is 0.496 e. The normalized spacial score (nSPS) is 10.3. The van der Waals surface area contributed by atoms with Gasteiger partial charge < -0.3 is 19.8 Å². The summed E-state index contributed by atoms with van der Waals surface area (Å²) in [6.45, 7) is 0.666. The summed E-state index contributed by atoms with van der Waals surface area (Å²) in [6, 6.07) is 18.2. The van der Waals surface area contributed by atoms with Crippen LogP contribution in [0.5, 0.6) is 5.75 Å². The van der Waals surface area contributed by atoms with Crippen LogP contribution in [0, 0.1) is 0 Å². The molecule has 6 nitrogen and oxygen atoms in total. The second kappa shape index (κ2) is 9.41. The second-order valence-corrected chi connectivity index (χ2v) is 6.23. The highest BCUT2D eigenvalue weighted by Gasteiger charge is 2.10. The smallest absolute Gasteiger partial charge is 0.251 e. The number of hydrogen-bond acceptors (Lipinski definition) is 4. The van der Waals surface area contributed by atoms with Crippen molar-refractivity contribution in [3.63, 3.8) is 0 Å². The number of hydrogen-bond donors (Lipinski definition) is 2. The molecule has 0 spiro atoms. The molecule has 1 aromatic heterocycles. The molecule has 3 rings (SSSR count). The Morgan fingerprint density at radius 3 is 2.61 bits per heavy atom. The molecular formula is C22H22N2O4. The number of ether oxygens (including phenoxy) is 1. The maximum absolute atomic E-state index is 12.3. The molecule has 28 heavy (non-hydrogen) atoms. The lowest BCUT2D eigenvalue weighted by molar-refractivity contribution is -0.120. The van der Waals surface area contributed by atoms with Gasteiger partial charge in [-0.3, -0.25) is 9.59 Å². The molecular weight excluding hydrogens is 356 g/mol. The molecule has 0 atom stereocenters. The van der Waals surface area contributed by atoms with E-state index < -0.39 is 0 Å². The summed E-state index contributed by atoms with van der Waals surface area (Å²) >= 11 is 0. The van der Waals surface area contributed by atoms with Crippen molar-refractivity contribution in [2.45, 2.75) is 19.5 Å². The van der Waals surface area contributed by atoms with E-state index in [0.717, 1.165) is 11.1 Å². The van der Waals surface area contributed by atoms with Gasteiger partial charge in [-0.25, -0.2) is 0 Å². The Labute approximate surface area is 163 Å². The van der Waals surface area contributed by atoms with Crippen LogP contribution in [0.25, 0.3) is 0 Å². The highest BCUT2D eigenvalue weighted by atomic mass is 16.5. The van der Waals surface area contributed by atoms with E-state index >= 15 is 0 Å². The van der Waals surface area contributed by atoms with E-state index in [1.54, 1.807) is 43.7 Å². The van der Waals surface area contributed by atoms with Crippen molar-refractivity contribution in [1.29, 1.82) is 0 Å². The highest BCUT2D eigenvalue weighted by molar-refractivity contribution is 5.94. The molecule has 144 valence electrons. The number of rotatable bonds is 8. The molecule has 0 bridgehead atoms. The van der Waals surface area contributed by atoms with Gasteiger partial charge in [-0.15, -0.1) is 0 Å². The van der Waals surface area contributed by atoms with E-state index in [1.165, 1.54) is 0 Å². The zero-order valence-corrected chi connectivity index (χ0v) is 15.6. The van der Waals surface area contributed by atoms with Gasteiger partial charge in [0, 0.05) is 17.7 Å². The van der Waals surface area contributed by atoms with Crippen LogP contribution in [0.4, 0.5) is 0 Å². The minimum Gasteiger partial charge on any atom is -0.496 e. The number of carbonyl (C=O) groups excluding carboxylic acids is 2. The van der Waals surface area contributed by atoms with Crippen molar-refractivity contribution in [1.82, 2.24) is 10.6 Å². The Kier molecular flexibility index (Phi) is 6.46. The van der Waals surface area contributed by atoms with Crippen LogP contribution in [0.2, 0.25) is 0 Å². The van der Waals surface area contributed by atoms with Crippen LogP contribution in [-0.4, -0.2) is 18.9 Å². The van der Waals surface area contributed by atoms with Crippen LogP contribution >= 0.6 is 0 Å². The quantitative estimate of drug-likeness (QED) is 0.631. The predicted molar refractivity (Wildman–Crippen MR) is 105 cm³/mol. The number of amides is 2. The van der Waals surface area contributed by atoms with E-state index in [-0.39, 0.29) is 18.2 Å². The number of benzene rings is 2. The van der Waals surface area contributed by atoms with Crippen LogP contribution in [0.15, 0.2) is 71.3 Å². The molecule has 0 aliphatic heterocycles. The van der Waals surface area contributed by atoms with Crippen molar-refractivity contribution < 1.29 is 18.7 Å². The lowest BCUT2D eigenvalue weighted by Gasteiger charge is -2.10. The second-order valence-electron chi connectivity index (χ2n) is 6.23. The molecule has 0 radical (unpaired) electrons. The van der Waals surface area contributed by atoms with E-state index in [9.17, 15) is 9.59 Å². The molecule has 0 aliphatic carbocycles. The molecule has 1 heterocycles. The Morgan fingerprint density at radius 2 is 1.82 bits per heavy atom. The zero-order valence-electron chi connectivity index (χ0n) is 15.6. The maximum atomic E-state index is 12.3. The average Bonchev–Trinajstić information content (AvgIpc) is 3.25. The first-order valence-corrected chi connectivity index (χ1v) is 8.94. The summed E-state index contributed by atoms with van der Waals surface area (Å²) in [4.78, 5) is 24.5. The molecule has 0 aliphatic rings. The third kappa shape index (κ3) is 5.23. The third-order valence-corrected chi connectivity index (χ3v) is 4.23. The van der Waals surface area contributed by atoms with E-state index in [2.05, 4.69) is 10.6 Å². The van der Waals surface area contributed by atoms with Gasteiger partial charge in [0.2, 0.25) is 5.91 Å². The van der Waals surface area contributed by atoms with Gasteiger partial charge in [-0.2, -0.15) is 0 Å². The molecule has 3 aromatic rings. The van der Waals surface area contributed by atoms with Gasteiger partial charge in [0.25, 0.3) is 5.91 Å². The first-order valence-electron chi connectivity index (χ1n) is 8.94. The summed E-state index contributed by atoms with van der Waals surface area (Å²) in [6.07, 6.45) is 1.79. The van der Waals surface area contributed by atoms with E-state index in [1.807, 2.05) is 30.3 Å². The van der Waals surface area contributed by atoms with E-state index in [4.69, 9.17) is 9.15 Å². The zero-order chi connectivity index (χ0) is 19.8. The fourth-order valence-electron chi connectivity index (χ4n) is 2.79. The first-order chi connectivity index (χ1) is 13.7. The fourth-order valence-corrected chi connectivity index (χ4v) is 2.79.